The van der Waals surface area contributed by atoms with Crippen LogP contribution in [0.1, 0.15) is 52.4 Å². The topological polar surface area (TPSA) is 98.2 Å². The second-order valence-corrected chi connectivity index (χ2v) is 5.92. The van der Waals surface area contributed by atoms with E-state index in [1.165, 1.54) is 0 Å². The summed E-state index contributed by atoms with van der Waals surface area (Å²) in [5.41, 5.74) is 10.6. The first-order valence-corrected chi connectivity index (χ1v) is 6.68. The lowest BCUT2D eigenvalue weighted by Crippen LogP contribution is -2.51. The molecule has 0 heterocycles. The number of amides is 2. The zero-order valence-corrected chi connectivity index (χ0v) is 11.4. The normalized spacial score (nSPS) is 25.3. The molecule has 1 rings (SSSR count). The highest BCUT2D eigenvalue weighted by molar-refractivity contribution is 5.82. The van der Waals surface area contributed by atoms with Crippen molar-refractivity contribution in [2.45, 2.75) is 64.0 Å². The van der Waals surface area contributed by atoms with Crippen LogP contribution in [0, 0.1) is 5.92 Å². The Kier molecular flexibility index (Phi) is 5.14. The van der Waals surface area contributed by atoms with Crippen molar-refractivity contribution >= 4 is 11.8 Å². The molecule has 5 nitrogen and oxygen atoms in total. The van der Waals surface area contributed by atoms with Gasteiger partial charge in [-0.15, -0.1) is 0 Å². The quantitative estimate of drug-likeness (QED) is 0.644. The maximum atomic E-state index is 12.2. The Morgan fingerprint density at radius 1 is 1.22 bits per heavy atom. The minimum atomic E-state index is -0.602. The van der Waals surface area contributed by atoms with Crippen molar-refractivity contribution in [1.29, 1.82) is 0 Å². The van der Waals surface area contributed by atoms with Gasteiger partial charge in [-0.2, -0.15) is 0 Å². The van der Waals surface area contributed by atoms with E-state index in [0.717, 1.165) is 32.1 Å². The predicted molar refractivity (Wildman–Crippen MR) is 70.6 cm³/mol. The first-order chi connectivity index (χ1) is 8.32. The van der Waals surface area contributed by atoms with Gasteiger partial charge in [0.15, 0.2) is 0 Å². The monoisotopic (exact) mass is 255 g/mol. The summed E-state index contributed by atoms with van der Waals surface area (Å²) in [6.07, 6.45) is 5.15. The minimum absolute atomic E-state index is 0.0457. The van der Waals surface area contributed by atoms with Crippen LogP contribution in [0.5, 0.6) is 0 Å². The molecule has 2 unspecified atom stereocenters. The number of nitrogens with one attached hydrogen (secondary N) is 1. The molecule has 0 aromatic carbocycles. The van der Waals surface area contributed by atoms with E-state index in [9.17, 15) is 9.59 Å². The zero-order valence-electron chi connectivity index (χ0n) is 11.4. The molecular weight excluding hydrogens is 230 g/mol. The molecule has 5 heteroatoms. The molecule has 0 bridgehead atoms. The Morgan fingerprint density at radius 3 is 2.44 bits per heavy atom. The van der Waals surface area contributed by atoms with Gasteiger partial charge in [0.05, 0.1) is 5.92 Å². The van der Waals surface area contributed by atoms with E-state index in [1.54, 1.807) is 13.8 Å². The number of nitrogens with two attached hydrogens (primary N) is 2. The van der Waals surface area contributed by atoms with Gasteiger partial charge in [0, 0.05) is 18.0 Å². The van der Waals surface area contributed by atoms with Crippen molar-refractivity contribution in [3.05, 3.63) is 0 Å². The molecule has 2 amide bonds. The molecule has 0 saturated heterocycles. The maximum absolute atomic E-state index is 12.2. The van der Waals surface area contributed by atoms with Crippen LogP contribution in [0.25, 0.3) is 0 Å². The van der Waals surface area contributed by atoms with Gasteiger partial charge >= 0.3 is 0 Å². The first-order valence-electron chi connectivity index (χ1n) is 6.68. The van der Waals surface area contributed by atoms with Crippen LogP contribution in [0.4, 0.5) is 0 Å². The Labute approximate surface area is 109 Å². The Morgan fingerprint density at radius 2 is 1.83 bits per heavy atom. The molecule has 0 aromatic heterocycles. The molecule has 5 N–H and O–H groups in total. The van der Waals surface area contributed by atoms with Crippen molar-refractivity contribution in [3.63, 3.8) is 0 Å². The smallest absolute Gasteiger partial charge is 0.225 e. The van der Waals surface area contributed by atoms with Crippen LogP contribution in [-0.2, 0) is 9.59 Å². The Balaban J connectivity index is 2.60. The third-order valence-corrected chi connectivity index (χ3v) is 3.48. The maximum Gasteiger partial charge on any atom is 0.225 e. The number of hydrogen-bond acceptors (Lipinski definition) is 3. The van der Waals surface area contributed by atoms with Crippen LogP contribution >= 0.6 is 0 Å². The molecule has 1 saturated carbocycles. The van der Waals surface area contributed by atoms with Gasteiger partial charge in [0.2, 0.25) is 11.8 Å². The molecule has 18 heavy (non-hydrogen) atoms. The standard InChI is InChI=1S/C13H25N3O2/c1-13(2,8-11(15)17)16-12(18)9-6-4-3-5-7-10(9)14/h9-10H,3-8,14H2,1-2H3,(H2,15,17)(H,16,18). The van der Waals surface area contributed by atoms with Crippen LogP contribution in [-0.4, -0.2) is 23.4 Å². The van der Waals surface area contributed by atoms with Crippen LogP contribution in [0.15, 0.2) is 0 Å². The Hall–Kier alpha value is -1.10. The average Bonchev–Trinajstić information content (AvgIpc) is 2.39. The van der Waals surface area contributed by atoms with Crippen molar-refractivity contribution in [1.82, 2.24) is 5.32 Å². The number of primary amides is 1. The van der Waals surface area contributed by atoms with Gasteiger partial charge in [-0.25, -0.2) is 0 Å². The molecule has 1 aliphatic rings. The van der Waals surface area contributed by atoms with Crippen LogP contribution in [0.2, 0.25) is 0 Å². The van der Waals surface area contributed by atoms with Gasteiger partial charge in [0.25, 0.3) is 0 Å². The Bertz CT molecular complexity index is 315. The third-order valence-electron chi connectivity index (χ3n) is 3.48. The lowest BCUT2D eigenvalue weighted by atomic mass is 9.92. The third kappa shape index (κ3) is 4.64. The number of carbonyl (C=O) groups excluding carboxylic acids is 2. The number of carbonyl (C=O) groups is 2. The summed E-state index contributed by atoms with van der Waals surface area (Å²) < 4.78 is 0. The zero-order chi connectivity index (χ0) is 13.8. The summed E-state index contributed by atoms with van der Waals surface area (Å²) in [6, 6.07) is -0.0723. The second-order valence-electron chi connectivity index (χ2n) is 5.92. The highest BCUT2D eigenvalue weighted by Crippen LogP contribution is 2.23. The fourth-order valence-electron chi connectivity index (χ4n) is 2.57. The first kappa shape index (κ1) is 15.0. The van der Waals surface area contributed by atoms with E-state index >= 15 is 0 Å². The van der Waals surface area contributed by atoms with Crippen molar-refractivity contribution in [2.75, 3.05) is 0 Å². The van der Waals surface area contributed by atoms with E-state index in [4.69, 9.17) is 11.5 Å². The van der Waals surface area contributed by atoms with Gasteiger partial charge in [-0.3, -0.25) is 9.59 Å². The lowest BCUT2D eigenvalue weighted by molar-refractivity contribution is -0.128. The van der Waals surface area contributed by atoms with Gasteiger partial charge in [-0.05, 0) is 26.7 Å². The van der Waals surface area contributed by atoms with Gasteiger partial charge < -0.3 is 16.8 Å². The van der Waals surface area contributed by atoms with Crippen LogP contribution in [0.3, 0.4) is 0 Å². The number of hydrogen-bond donors (Lipinski definition) is 3. The fraction of sp³-hybridized carbons (Fsp3) is 0.846. The van der Waals surface area contributed by atoms with E-state index in [-0.39, 0.29) is 24.3 Å². The second kappa shape index (κ2) is 6.18. The van der Waals surface area contributed by atoms with E-state index in [2.05, 4.69) is 5.32 Å². The molecule has 1 aliphatic carbocycles. The minimum Gasteiger partial charge on any atom is -0.370 e. The largest absolute Gasteiger partial charge is 0.370 e. The molecular formula is C13H25N3O2. The average molecular weight is 255 g/mol. The fourth-order valence-corrected chi connectivity index (χ4v) is 2.57. The summed E-state index contributed by atoms with van der Waals surface area (Å²) >= 11 is 0. The van der Waals surface area contributed by atoms with E-state index < -0.39 is 11.4 Å². The molecule has 0 aromatic rings. The summed E-state index contributed by atoms with van der Waals surface area (Å²) in [5.74, 6) is -0.597. The molecule has 2 atom stereocenters. The van der Waals surface area contributed by atoms with E-state index in [1.807, 2.05) is 0 Å². The lowest BCUT2D eigenvalue weighted by Gasteiger charge is -2.29. The van der Waals surface area contributed by atoms with Crippen LogP contribution < -0.4 is 16.8 Å². The van der Waals surface area contributed by atoms with Crippen molar-refractivity contribution in [2.24, 2.45) is 17.4 Å². The highest BCUT2D eigenvalue weighted by Gasteiger charge is 2.31. The summed E-state index contributed by atoms with van der Waals surface area (Å²) in [5, 5.41) is 2.90. The van der Waals surface area contributed by atoms with Gasteiger partial charge in [-0.1, -0.05) is 19.3 Å². The van der Waals surface area contributed by atoms with Crippen molar-refractivity contribution < 1.29 is 9.59 Å². The molecule has 104 valence electrons. The predicted octanol–water partition coefficient (Wildman–Crippen LogP) is 0.664. The van der Waals surface area contributed by atoms with E-state index in [0.29, 0.717) is 0 Å². The molecule has 1 fully saturated rings. The molecule has 0 spiro atoms. The summed E-state index contributed by atoms with van der Waals surface area (Å²) in [7, 11) is 0. The summed E-state index contributed by atoms with van der Waals surface area (Å²) in [6.45, 7) is 3.61. The molecule has 0 radical (unpaired) electrons. The highest BCUT2D eigenvalue weighted by atomic mass is 16.2. The summed E-state index contributed by atoms with van der Waals surface area (Å²) in [4.78, 5) is 23.2. The van der Waals surface area contributed by atoms with Gasteiger partial charge in [0.1, 0.15) is 0 Å². The number of rotatable bonds is 4. The molecule has 0 aliphatic heterocycles. The SMILES string of the molecule is CC(C)(CC(N)=O)NC(=O)C1CCCCCC1N. The van der Waals surface area contributed by atoms with Crippen molar-refractivity contribution in [3.8, 4) is 0 Å².